The summed E-state index contributed by atoms with van der Waals surface area (Å²) in [5.74, 6) is 0.981. The number of hydrogen-bond donors (Lipinski definition) is 0. The van der Waals surface area contributed by atoms with Crippen LogP contribution < -0.4 is 0 Å². The molecule has 0 radical (unpaired) electrons. The number of carbonyl (C=O) groups is 1. The standard InChI is InChI=1S/C18H22N2O/c21-18(12-11-15-7-3-1-4-8-15)16-13-19-20(14-16)17-9-5-2-6-10-17/h2,5-6,9-10,13-15H,1,3-4,7-8,11-12H2. The zero-order chi connectivity index (χ0) is 14.5. The zero-order valence-corrected chi connectivity index (χ0v) is 12.4. The topological polar surface area (TPSA) is 34.9 Å². The van der Waals surface area contributed by atoms with Gasteiger partial charge in [0.05, 0.1) is 17.4 Å². The molecule has 1 fully saturated rings. The number of benzene rings is 1. The Labute approximate surface area is 126 Å². The highest BCUT2D eigenvalue weighted by molar-refractivity contribution is 5.95. The van der Waals surface area contributed by atoms with Crippen molar-refractivity contribution in [3.05, 3.63) is 48.3 Å². The van der Waals surface area contributed by atoms with Crippen LogP contribution in [-0.4, -0.2) is 15.6 Å². The third kappa shape index (κ3) is 3.60. The summed E-state index contributed by atoms with van der Waals surface area (Å²) in [5.41, 5.74) is 1.72. The number of para-hydroxylation sites is 1. The van der Waals surface area contributed by atoms with Crippen molar-refractivity contribution in [1.82, 2.24) is 9.78 Å². The molecular weight excluding hydrogens is 260 g/mol. The molecule has 3 heteroatoms. The lowest BCUT2D eigenvalue weighted by molar-refractivity contribution is 0.0970. The Hall–Kier alpha value is -1.90. The van der Waals surface area contributed by atoms with Gasteiger partial charge in [-0.3, -0.25) is 4.79 Å². The molecule has 0 bridgehead atoms. The van der Waals surface area contributed by atoms with Crippen molar-refractivity contribution in [1.29, 1.82) is 0 Å². The second-order valence-electron chi connectivity index (χ2n) is 5.98. The summed E-state index contributed by atoms with van der Waals surface area (Å²) in [6, 6.07) is 9.90. The summed E-state index contributed by atoms with van der Waals surface area (Å²) in [4.78, 5) is 12.3. The SMILES string of the molecule is O=C(CCC1CCCCC1)c1cnn(-c2ccccc2)c1. The van der Waals surface area contributed by atoms with Crippen molar-refractivity contribution >= 4 is 5.78 Å². The number of Topliss-reactive ketones (excluding diaryl/α,β-unsaturated/α-hetero) is 1. The van der Waals surface area contributed by atoms with Gasteiger partial charge in [-0.2, -0.15) is 5.10 Å². The highest BCUT2D eigenvalue weighted by Gasteiger charge is 2.16. The van der Waals surface area contributed by atoms with Gasteiger partial charge in [-0.1, -0.05) is 50.3 Å². The lowest BCUT2D eigenvalue weighted by atomic mass is 9.85. The van der Waals surface area contributed by atoms with E-state index in [1.165, 1.54) is 32.1 Å². The van der Waals surface area contributed by atoms with Gasteiger partial charge in [0.2, 0.25) is 0 Å². The molecule has 0 spiro atoms. The van der Waals surface area contributed by atoms with Gasteiger partial charge in [0.25, 0.3) is 0 Å². The molecule has 1 aliphatic rings. The van der Waals surface area contributed by atoms with Crippen LogP contribution in [0.4, 0.5) is 0 Å². The van der Waals surface area contributed by atoms with Gasteiger partial charge in [-0.15, -0.1) is 0 Å². The molecule has 1 aliphatic carbocycles. The quantitative estimate of drug-likeness (QED) is 0.761. The van der Waals surface area contributed by atoms with E-state index in [0.717, 1.165) is 23.6 Å². The Morgan fingerprint density at radius 3 is 2.67 bits per heavy atom. The summed E-state index contributed by atoms with van der Waals surface area (Å²) in [6.07, 6.45) is 11.9. The van der Waals surface area contributed by atoms with Crippen molar-refractivity contribution in [3.8, 4) is 5.69 Å². The molecule has 0 aliphatic heterocycles. The van der Waals surface area contributed by atoms with Crippen molar-refractivity contribution in [2.75, 3.05) is 0 Å². The van der Waals surface area contributed by atoms with Gasteiger partial charge in [0.1, 0.15) is 0 Å². The molecule has 3 rings (SSSR count). The van der Waals surface area contributed by atoms with Gasteiger partial charge in [0, 0.05) is 12.6 Å². The van der Waals surface area contributed by atoms with Crippen molar-refractivity contribution < 1.29 is 4.79 Å². The number of aromatic nitrogens is 2. The van der Waals surface area contributed by atoms with Gasteiger partial charge in [0.15, 0.2) is 5.78 Å². The summed E-state index contributed by atoms with van der Waals surface area (Å²) in [5, 5.41) is 4.30. The fourth-order valence-electron chi connectivity index (χ4n) is 3.14. The third-order valence-electron chi connectivity index (χ3n) is 4.43. The monoisotopic (exact) mass is 282 g/mol. The molecule has 1 heterocycles. The lowest BCUT2D eigenvalue weighted by Crippen LogP contribution is -2.09. The first kappa shape index (κ1) is 14.1. The molecule has 3 nitrogen and oxygen atoms in total. The fourth-order valence-corrected chi connectivity index (χ4v) is 3.14. The molecule has 2 aromatic rings. The van der Waals surface area contributed by atoms with Crippen molar-refractivity contribution in [2.45, 2.75) is 44.9 Å². The Balaban J connectivity index is 1.59. The minimum absolute atomic E-state index is 0.225. The van der Waals surface area contributed by atoms with Crippen LogP contribution in [-0.2, 0) is 0 Å². The molecule has 0 unspecified atom stereocenters. The van der Waals surface area contributed by atoms with E-state index in [0.29, 0.717) is 6.42 Å². The number of hydrogen-bond acceptors (Lipinski definition) is 2. The summed E-state index contributed by atoms with van der Waals surface area (Å²) in [7, 11) is 0. The summed E-state index contributed by atoms with van der Waals surface area (Å²) < 4.78 is 1.77. The molecule has 1 saturated carbocycles. The fraction of sp³-hybridized carbons (Fsp3) is 0.444. The lowest BCUT2D eigenvalue weighted by Gasteiger charge is -2.20. The molecule has 21 heavy (non-hydrogen) atoms. The van der Waals surface area contributed by atoms with Crippen LogP contribution >= 0.6 is 0 Å². The van der Waals surface area contributed by atoms with Gasteiger partial charge in [-0.25, -0.2) is 4.68 Å². The Morgan fingerprint density at radius 2 is 1.90 bits per heavy atom. The number of carbonyl (C=O) groups excluding carboxylic acids is 1. The van der Waals surface area contributed by atoms with E-state index in [1.807, 2.05) is 36.5 Å². The van der Waals surface area contributed by atoms with Crippen LogP contribution in [0, 0.1) is 5.92 Å². The average molecular weight is 282 g/mol. The predicted octanol–water partition coefficient (Wildman–Crippen LogP) is 4.42. The Morgan fingerprint density at radius 1 is 1.14 bits per heavy atom. The van der Waals surface area contributed by atoms with Crippen LogP contribution in [0.25, 0.3) is 5.69 Å². The molecule has 0 saturated heterocycles. The van der Waals surface area contributed by atoms with E-state index >= 15 is 0 Å². The minimum Gasteiger partial charge on any atom is -0.294 e. The summed E-state index contributed by atoms with van der Waals surface area (Å²) in [6.45, 7) is 0. The maximum absolute atomic E-state index is 12.3. The zero-order valence-electron chi connectivity index (χ0n) is 12.4. The number of rotatable bonds is 5. The first-order valence-corrected chi connectivity index (χ1v) is 7.96. The Bertz CT molecular complexity index is 582. The minimum atomic E-state index is 0.225. The highest BCUT2D eigenvalue weighted by Crippen LogP contribution is 2.27. The van der Waals surface area contributed by atoms with Crippen molar-refractivity contribution in [2.24, 2.45) is 5.92 Å². The third-order valence-corrected chi connectivity index (χ3v) is 4.43. The molecule has 0 amide bonds. The summed E-state index contributed by atoms with van der Waals surface area (Å²) >= 11 is 0. The van der Waals surface area contributed by atoms with Gasteiger partial charge >= 0.3 is 0 Å². The molecule has 0 atom stereocenters. The maximum Gasteiger partial charge on any atom is 0.166 e. The van der Waals surface area contributed by atoms with Crippen LogP contribution in [0.2, 0.25) is 0 Å². The predicted molar refractivity (Wildman–Crippen MR) is 83.7 cm³/mol. The van der Waals surface area contributed by atoms with Crippen LogP contribution in [0.5, 0.6) is 0 Å². The molecular formula is C18H22N2O. The van der Waals surface area contributed by atoms with Gasteiger partial charge < -0.3 is 0 Å². The maximum atomic E-state index is 12.3. The number of ketones is 1. The second-order valence-corrected chi connectivity index (χ2v) is 5.98. The van der Waals surface area contributed by atoms with Gasteiger partial charge in [-0.05, 0) is 24.5 Å². The second kappa shape index (κ2) is 6.70. The molecule has 1 aromatic heterocycles. The Kier molecular flexibility index (Phi) is 4.49. The number of nitrogens with zero attached hydrogens (tertiary/aromatic N) is 2. The smallest absolute Gasteiger partial charge is 0.166 e. The van der Waals surface area contributed by atoms with E-state index in [-0.39, 0.29) is 5.78 Å². The first-order chi connectivity index (χ1) is 10.3. The van der Waals surface area contributed by atoms with Crippen LogP contribution in [0.1, 0.15) is 55.3 Å². The van der Waals surface area contributed by atoms with Crippen LogP contribution in [0.15, 0.2) is 42.7 Å². The molecule has 110 valence electrons. The van der Waals surface area contributed by atoms with E-state index in [4.69, 9.17) is 0 Å². The van der Waals surface area contributed by atoms with E-state index in [9.17, 15) is 4.79 Å². The van der Waals surface area contributed by atoms with Crippen LogP contribution in [0.3, 0.4) is 0 Å². The van der Waals surface area contributed by atoms with E-state index in [1.54, 1.807) is 10.9 Å². The van der Waals surface area contributed by atoms with E-state index in [2.05, 4.69) is 5.10 Å². The van der Waals surface area contributed by atoms with Crippen molar-refractivity contribution in [3.63, 3.8) is 0 Å². The molecule has 0 N–H and O–H groups in total. The normalized spacial score (nSPS) is 16.0. The largest absolute Gasteiger partial charge is 0.294 e. The van der Waals surface area contributed by atoms with E-state index < -0.39 is 0 Å². The average Bonchev–Trinajstić information content (AvgIpc) is 3.04. The highest BCUT2D eigenvalue weighted by atomic mass is 16.1. The first-order valence-electron chi connectivity index (χ1n) is 7.96. The molecule has 1 aromatic carbocycles.